The summed E-state index contributed by atoms with van der Waals surface area (Å²) in [5.74, 6) is 0. The third-order valence-electron chi connectivity index (χ3n) is 2.50. The molecule has 0 bridgehead atoms. The van der Waals surface area contributed by atoms with Crippen molar-refractivity contribution in [2.75, 3.05) is 0 Å². The van der Waals surface area contributed by atoms with E-state index in [1.165, 1.54) is 0 Å². The molecule has 2 fully saturated rings. The van der Waals surface area contributed by atoms with Gasteiger partial charge in [-0.25, -0.2) is 0 Å². The molecule has 4 atom stereocenters. The van der Waals surface area contributed by atoms with E-state index in [4.69, 9.17) is 9.84 Å². The summed E-state index contributed by atoms with van der Waals surface area (Å²) in [6.45, 7) is 1.84. The van der Waals surface area contributed by atoms with Crippen LogP contribution < -0.4 is 0 Å². The average molecular weight is 144 g/mol. The molecule has 58 valence electrons. The van der Waals surface area contributed by atoms with Gasteiger partial charge in [0, 0.05) is 12.8 Å². The van der Waals surface area contributed by atoms with Gasteiger partial charge in [0.05, 0.1) is 23.9 Å². The van der Waals surface area contributed by atoms with Crippen molar-refractivity contribution in [3.63, 3.8) is 0 Å². The highest BCUT2D eigenvalue weighted by Gasteiger charge is 2.61. The maximum absolute atomic E-state index is 9.25. The first-order valence-electron chi connectivity index (χ1n) is 3.68. The van der Waals surface area contributed by atoms with Crippen molar-refractivity contribution in [3.8, 4) is 0 Å². The maximum atomic E-state index is 9.25. The molecule has 0 aromatic rings. The first kappa shape index (κ1) is 6.58. The molecule has 0 amide bonds. The Kier molecular flexibility index (Phi) is 1.14. The normalized spacial score (nSPS) is 59.7. The van der Waals surface area contributed by atoms with Crippen molar-refractivity contribution in [3.05, 3.63) is 0 Å². The standard InChI is InChI=1S/C7H12O3/c1-4-5(8)2-7(10-4)3-6(7)9/h4-6,8-9H,2-3H2,1H3/t4-,5+,6+,7?/m0/s1. The van der Waals surface area contributed by atoms with Gasteiger partial charge in [0.15, 0.2) is 0 Å². The Morgan fingerprint density at radius 1 is 1.40 bits per heavy atom. The van der Waals surface area contributed by atoms with E-state index in [-0.39, 0.29) is 23.9 Å². The Morgan fingerprint density at radius 2 is 2.00 bits per heavy atom. The monoisotopic (exact) mass is 144 g/mol. The second-order valence-corrected chi connectivity index (χ2v) is 3.38. The molecular weight excluding hydrogens is 132 g/mol. The minimum absolute atomic E-state index is 0.0999. The fourth-order valence-corrected chi connectivity index (χ4v) is 1.63. The van der Waals surface area contributed by atoms with Crippen LogP contribution in [0.1, 0.15) is 19.8 Å². The Morgan fingerprint density at radius 3 is 2.20 bits per heavy atom. The van der Waals surface area contributed by atoms with Gasteiger partial charge >= 0.3 is 0 Å². The number of hydrogen-bond acceptors (Lipinski definition) is 3. The molecular formula is C7H12O3. The Labute approximate surface area is 59.6 Å². The van der Waals surface area contributed by atoms with E-state index in [0.717, 1.165) is 0 Å². The van der Waals surface area contributed by atoms with Gasteiger partial charge in [0.2, 0.25) is 0 Å². The van der Waals surface area contributed by atoms with Gasteiger partial charge in [-0.2, -0.15) is 0 Å². The topological polar surface area (TPSA) is 49.7 Å². The summed E-state index contributed by atoms with van der Waals surface area (Å²) in [7, 11) is 0. The summed E-state index contributed by atoms with van der Waals surface area (Å²) < 4.78 is 5.38. The Hall–Kier alpha value is -0.120. The van der Waals surface area contributed by atoms with Gasteiger partial charge in [0.25, 0.3) is 0 Å². The van der Waals surface area contributed by atoms with Crippen LogP contribution in [-0.4, -0.2) is 34.1 Å². The van der Waals surface area contributed by atoms with E-state index in [1.54, 1.807) is 0 Å². The molecule has 3 nitrogen and oxygen atoms in total. The first-order chi connectivity index (χ1) is 4.64. The van der Waals surface area contributed by atoms with Crippen LogP contribution in [0.5, 0.6) is 0 Å². The summed E-state index contributed by atoms with van der Waals surface area (Å²) in [5.41, 5.74) is -0.348. The molecule has 1 saturated carbocycles. The Balaban J connectivity index is 2.06. The molecule has 0 aromatic carbocycles. The van der Waals surface area contributed by atoms with Crippen LogP contribution in [0.4, 0.5) is 0 Å². The van der Waals surface area contributed by atoms with Gasteiger partial charge < -0.3 is 14.9 Å². The molecule has 10 heavy (non-hydrogen) atoms. The molecule has 1 unspecified atom stereocenters. The lowest BCUT2D eigenvalue weighted by molar-refractivity contribution is -0.00909. The molecule has 1 aliphatic carbocycles. The predicted octanol–water partition coefficient (Wildman–Crippen LogP) is -0.340. The lowest BCUT2D eigenvalue weighted by atomic mass is 10.1. The van der Waals surface area contributed by atoms with Gasteiger partial charge in [-0.05, 0) is 6.92 Å². The highest BCUT2D eigenvalue weighted by atomic mass is 16.6. The number of aliphatic hydroxyl groups is 2. The lowest BCUT2D eigenvalue weighted by Gasteiger charge is -2.06. The molecule has 2 rings (SSSR count). The SMILES string of the molecule is C[C@@H]1OC2(C[C@H]1O)C[C@H]2O. The zero-order valence-electron chi connectivity index (χ0n) is 5.95. The van der Waals surface area contributed by atoms with Crippen LogP contribution in [0.25, 0.3) is 0 Å². The van der Waals surface area contributed by atoms with Crippen molar-refractivity contribution in [1.82, 2.24) is 0 Å². The number of aliphatic hydroxyl groups excluding tert-OH is 2. The fraction of sp³-hybridized carbons (Fsp3) is 1.00. The average Bonchev–Trinajstić information content (AvgIpc) is 2.31. The van der Waals surface area contributed by atoms with Crippen LogP contribution >= 0.6 is 0 Å². The molecule has 1 heterocycles. The van der Waals surface area contributed by atoms with Gasteiger partial charge in [-0.3, -0.25) is 0 Å². The minimum atomic E-state index is -0.378. The maximum Gasteiger partial charge on any atom is 0.0997 e. The van der Waals surface area contributed by atoms with Crippen LogP contribution in [0.3, 0.4) is 0 Å². The van der Waals surface area contributed by atoms with E-state index in [2.05, 4.69) is 0 Å². The lowest BCUT2D eigenvalue weighted by Crippen LogP contribution is -2.15. The third kappa shape index (κ3) is 0.713. The Bertz CT molecular complexity index is 147. The van der Waals surface area contributed by atoms with E-state index in [0.29, 0.717) is 12.8 Å². The highest BCUT2D eigenvalue weighted by Crippen LogP contribution is 2.49. The molecule has 2 aliphatic rings. The van der Waals surface area contributed by atoms with Gasteiger partial charge in [0.1, 0.15) is 0 Å². The van der Waals surface area contributed by atoms with Crippen molar-refractivity contribution in [2.24, 2.45) is 0 Å². The van der Waals surface area contributed by atoms with Gasteiger partial charge in [-0.1, -0.05) is 0 Å². The summed E-state index contributed by atoms with van der Waals surface area (Å²) in [4.78, 5) is 0. The fourth-order valence-electron chi connectivity index (χ4n) is 1.63. The van der Waals surface area contributed by atoms with E-state index in [9.17, 15) is 5.11 Å². The van der Waals surface area contributed by atoms with Crippen molar-refractivity contribution in [1.29, 1.82) is 0 Å². The molecule has 0 radical (unpaired) electrons. The van der Waals surface area contributed by atoms with E-state index in [1.807, 2.05) is 6.92 Å². The first-order valence-corrected chi connectivity index (χ1v) is 3.68. The zero-order chi connectivity index (χ0) is 7.35. The van der Waals surface area contributed by atoms with Crippen molar-refractivity contribution in [2.45, 2.75) is 43.7 Å². The summed E-state index contributed by atoms with van der Waals surface area (Å²) >= 11 is 0. The van der Waals surface area contributed by atoms with E-state index < -0.39 is 0 Å². The zero-order valence-corrected chi connectivity index (χ0v) is 5.95. The minimum Gasteiger partial charge on any atom is -0.390 e. The summed E-state index contributed by atoms with van der Waals surface area (Å²) in [5, 5.41) is 18.4. The third-order valence-corrected chi connectivity index (χ3v) is 2.50. The van der Waals surface area contributed by atoms with Crippen LogP contribution in [-0.2, 0) is 4.74 Å². The van der Waals surface area contributed by atoms with Crippen LogP contribution in [0.15, 0.2) is 0 Å². The molecule has 1 saturated heterocycles. The quantitative estimate of drug-likeness (QED) is 0.489. The molecule has 1 spiro atoms. The van der Waals surface area contributed by atoms with Crippen LogP contribution in [0, 0.1) is 0 Å². The molecule has 2 N–H and O–H groups in total. The number of rotatable bonds is 0. The number of hydrogen-bond donors (Lipinski definition) is 2. The van der Waals surface area contributed by atoms with Crippen LogP contribution in [0.2, 0.25) is 0 Å². The number of ether oxygens (including phenoxy) is 1. The van der Waals surface area contributed by atoms with Crippen molar-refractivity contribution < 1.29 is 14.9 Å². The van der Waals surface area contributed by atoms with Gasteiger partial charge in [-0.15, -0.1) is 0 Å². The second-order valence-electron chi connectivity index (χ2n) is 3.38. The smallest absolute Gasteiger partial charge is 0.0997 e. The molecule has 0 aromatic heterocycles. The van der Waals surface area contributed by atoms with E-state index >= 15 is 0 Å². The summed E-state index contributed by atoms with van der Waals surface area (Å²) in [6.07, 6.45) is 0.505. The largest absolute Gasteiger partial charge is 0.390 e. The molecule has 1 aliphatic heterocycles. The predicted molar refractivity (Wildman–Crippen MR) is 34.5 cm³/mol. The second kappa shape index (κ2) is 1.72. The highest BCUT2D eigenvalue weighted by molar-refractivity contribution is 5.11. The molecule has 3 heteroatoms. The van der Waals surface area contributed by atoms with Crippen molar-refractivity contribution >= 4 is 0 Å². The summed E-state index contributed by atoms with van der Waals surface area (Å²) in [6, 6.07) is 0.